The number of ether oxygens (including phenoxy) is 1. The molecule has 1 heterocycles. The van der Waals surface area contributed by atoms with Crippen molar-refractivity contribution in [3.63, 3.8) is 0 Å². The first kappa shape index (κ1) is 45.1. The van der Waals surface area contributed by atoms with Crippen LogP contribution in [0.2, 0.25) is 0 Å². The smallest absolute Gasteiger partial charge is 0.136 e. The first-order valence-corrected chi connectivity index (χ1v) is 21.4. The number of phenols is 1. The number of hydrogen-bond acceptors (Lipinski definition) is 4. The molecule has 0 spiro atoms. The Labute approximate surface area is 358 Å². The van der Waals surface area contributed by atoms with Gasteiger partial charge in [0.25, 0.3) is 0 Å². The summed E-state index contributed by atoms with van der Waals surface area (Å²) in [5, 5.41) is 11.4. The molecule has 0 bridgehead atoms. The van der Waals surface area contributed by atoms with E-state index in [-0.39, 0.29) is 27.4 Å². The van der Waals surface area contributed by atoms with Crippen molar-refractivity contribution in [2.45, 2.75) is 113 Å². The molecule has 4 nitrogen and oxygen atoms in total. The maximum Gasteiger partial charge on any atom is 0.136 e. The quantitative estimate of drug-likeness (QED) is 0.231. The number of nitrogens with zero attached hydrogens (tertiary/aromatic N) is 2. The second-order valence-corrected chi connectivity index (χ2v) is 21.1. The van der Waals surface area contributed by atoms with Crippen molar-refractivity contribution < 1.29 is 9.84 Å². The van der Waals surface area contributed by atoms with E-state index in [2.05, 4.69) is 188 Å². The van der Waals surface area contributed by atoms with Gasteiger partial charge in [-0.2, -0.15) is 0 Å². The summed E-state index contributed by atoms with van der Waals surface area (Å²) < 4.78 is 6.60. The van der Waals surface area contributed by atoms with Crippen LogP contribution in [-0.2, 0) is 10.8 Å². The molecule has 1 N–H and O–H groups in total. The molecule has 2 aliphatic rings. The standard InChI is InChI=1S/C55H72N2O2/c1-36(52(2,3)4)29-39(46-27-25-44(56(14)15)34-48(46)58)23-21-37-19-18-20-38(51(37)41-30-42(53(5,6)7)33-43(31-41)54(8,9)10)22-24-40-32-50(55(11,12)13)59-49-35-45(57(16)17)26-28-47(40)49/h21-35,58H,1,18-20H2,2-17H3/b23-21+,38-22+,39-29-,40-24+. The van der Waals surface area contributed by atoms with Crippen LogP contribution in [0.3, 0.4) is 0 Å². The summed E-state index contributed by atoms with van der Waals surface area (Å²) in [6, 6.07) is 19.7. The van der Waals surface area contributed by atoms with Crippen LogP contribution in [0.15, 0.2) is 120 Å². The van der Waals surface area contributed by atoms with Crippen LogP contribution in [0.25, 0.3) is 16.7 Å². The molecule has 0 atom stereocenters. The molecule has 3 aromatic carbocycles. The van der Waals surface area contributed by atoms with Crippen LogP contribution in [-0.4, -0.2) is 33.3 Å². The fraction of sp³-hybridized carbons (Fsp3) is 0.418. The lowest BCUT2D eigenvalue weighted by molar-refractivity contribution is 0.291. The van der Waals surface area contributed by atoms with Crippen molar-refractivity contribution in [3.05, 3.63) is 148 Å². The van der Waals surface area contributed by atoms with E-state index in [9.17, 15) is 5.11 Å². The SMILES string of the molecule is C=C(/C=C(/C=C/C1=C(c2cc(C(C)(C)C)cc(C(C)(C)C)c2)C(=C/C=C2\C=C(C(C)(C)C)Oc3cc(N(C)C)ccc32)/CCC1)c1ccc(N(C)C)cc1O)C(C)(C)C. The summed E-state index contributed by atoms with van der Waals surface area (Å²) >= 11 is 0. The number of benzene rings is 3. The maximum atomic E-state index is 11.4. The molecule has 0 radical (unpaired) electrons. The van der Waals surface area contributed by atoms with Crippen molar-refractivity contribution in [2.75, 3.05) is 38.0 Å². The Morgan fingerprint density at radius 2 is 1.31 bits per heavy atom. The highest BCUT2D eigenvalue weighted by molar-refractivity contribution is 5.89. The largest absolute Gasteiger partial charge is 0.507 e. The highest BCUT2D eigenvalue weighted by Gasteiger charge is 2.28. The van der Waals surface area contributed by atoms with Gasteiger partial charge in [-0.3, -0.25) is 0 Å². The molecule has 59 heavy (non-hydrogen) atoms. The third kappa shape index (κ3) is 10.8. The Bertz CT molecular complexity index is 2240. The second-order valence-electron chi connectivity index (χ2n) is 21.1. The van der Waals surface area contributed by atoms with Crippen molar-refractivity contribution in [2.24, 2.45) is 10.8 Å². The first-order chi connectivity index (χ1) is 27.2. The molecule has 0 fully saturated rings. The van der Waals surface area contributed by atoms with Gasteiger partial charge in [-0.25, -0.2) is 0 Å². The minimum absolute atomic E-state index is 0.0298. The van der Waals surface area contributed by atoms with Gasteiger partial charge in [0.05, 0.1) is 0 Å². The van der Waals surface area contributed by atoms with E-state index < -0.39 is 0 Å². The zero-order valence-corrected chi connectivity index (χ0v) is 39.2. The zero-order valence-electron chi connectivity index (χ0n) is 39.2. The van der Waals surface area contributed by atoms with E-state index in [1.807, 2.05) is 31.1 Å². The monoisotopic (exact) mass is 793 g/mol. The number of fused-ring (bicyclic) bond motifs is 1. The van der Waals surface area contributed by atoms with Crippen molar-refractivity contribution in [3.8, 4) is 11.5 Å². The van der Waals surface area contributed by atoms with E-state index in [0.29, 0.717) is 0 Å². The Balaban J connectivity index is 1.80. The van der Waals surface area contributed by atoms with Gasteiger partial charge < -0.3 is 19.6 Å². The van der Waals surface area contributed by atoms with Gasteiger partial charge in [-0.05, 0) is 116 Å². The number of phenolic OH excluding ortho intramolecular Hbond substituents is 1. The van der Waals surface area contributed by atoms with Crippen LogP contribution in [0.5, 0.6) is 11.5 Å². The molecule has 0 amide bonds. The third-order valence-electron chi connectivity index (χ3n) is 11.6. The fourth-order valence-corrected chi connectivity index (χ4v) is 7.30. The second kappa shape index (κ2) is 17.0. The fourth-order valence-electron chi connectivity index (χ4n) is 7.30. The molecular weight excluding hydrogens is 721 g/mol. The summed E-state index contributed by atoms with van der Waals surface area (Å²) in [4.78, 5) is 4.13. The van der Waals surface area contributed by atoms with E-state index in [0.717, 1.165) is 70.0 Å². The first-order valence-electron chi connectivity index (χ1n) is 21.4. The van der Waals surface area contributed by atoms with Crippen LogP contribution < -0.4 is 14.5 Å². The third-order valence-corrected chi connectivity index (χ3v) is 11.6. The number of hydrogen-bond donors (Lipinski definition) is 1. The Kier molecular flexibility index (Phi) is 13.0. The van der Waals surface area contributed by atoms with Crippen LogP contribution in [0.1, 0.15) is 130 Å². The van der Waals surface area contributed by atoms with Gasteiger partial charge in [0.2, 0.25) is 0 Å². The van der Waals surface area contributed by atoms with E-state index in [1.54, 1.807) is 0 Å². The lowest BCUT2D eigenvalue weighted by Crippen LogP contribution is -2.18. The molecule has 314 valence electrons. The summed E-state index contributed by atoms with van der Waals surface area (Å²) in [5.41, 5.74) is 14.5. The predicted molar refractivity (Wildman–Crippen MR) is 258 cm³/mol. The zero-order chi connectivity index (χ0) is 43.8. The number of aromatic hydroxyl groups is 1. The van der Waals surface area contributed by atoms with Crippen molar-refractivity contribution in [1.29, 1.82) is 0 Å². The van der Waals surface area contributed by atoms with Gasteiger partial charge in [0, 0.05) is 68.2 Å². The van der Waals surface area contributed by atoms with Gasteiger partial charge in [0.1, 0.15) is 17.3 Å². The normalized spacial score (nSPS) is 17.0. The lowest BCUT2D eigenvalue weighted by Gasteiger charge is -2.30. The Morgan fingerprint density at radius 1 is 0.712 bits per heavy atom. The molecule has 1 aliphatic carbocycles. The van der Waals surface area contributed by atoms with Gasteiger partial charge in [0.15, 0.2) is 0 Å². The van der Waals surface area contributed by atoms with Gasteiger partial charge in [-0.15, -0.1) is 0 Å². The topological polar surface area (TPSA) is 35.9 Å². The highest BCUT2D eigenvalue weighted by atomic mass is 16.5. The van der Waals surface area contributed by atoms with E-state index in [4.69, 9.17) is 4.74 Å². The van der Waals surface area contributed by atoms with Crippen LogP contribution in [0, 0.1) is 10.8 Å². The predicted octanol–water partition coefficient (Wildman–Crippen LogP) is 14.6. The summed E-state index contributed by atoms with van der Waals surface area (Å²) in [6.07, 6.45) is 16.5. The average Bonchev–Trinajstić information content (AvgIpc) is 3.13. The Hall–Kier alpha value is -4.96. The summed E-state index contributed by atoms with van der Waals surface area (Å²) in [6.45, 7) is 31.5. The van der Waals surface area contributed by atoms with Crippen molar-refractivity contribution >= 4 is 28.1 Å². The molecule has 0 unspecified atom stereocenters. The minimum Gasteiger partial charge on any atom is -0.507 e. The summed E-state index contributed by atoms with van der Waals surface area (Å²) in [7, 11) is 8.12. The Morgan fingerprint density at radius 3 is 1.85 bits per heavy atom. The van der Waals surface area contributed by atoms with Crippen molar-refractivity contribution in [1.82, 2.24) is 0 Å². The number of rotatable bonds is 8. The molecule has 0 aromatic heterocycles. The minimum atomic E-state index is -0.159. The van der Waals surface area contributed by atoms with Gasteiger partial charge >= 0.3 is 0 Å². The molecule has 3 aromatic rings. The molecule has 0 saturated heterocycles. The van der Waals surface area contributed by atoms with Gasteiger partial charge in [-0.1, -0.05) is 138 Å². The van der Waals surface area contributed by atoms with Crippen LogP contribution in [0.4, 0.5) is 11.4 Å². The molecule has 5 rings (SSSR count). The molecular formula is C55H72N2O2. The molecule has 4 heteroatoms. The van der Waals surface area contributed by atoms with Crippen LogP contribution >= 0.6 is 0 Å². The lowest BCUT2D eigenvalue weighted by atomic mass is 9.76. The maximum absolute atomic E-state index is 11.4. The molecule has 1 aliphatic heterocycles. The average molecular weight is 793 g/mol. The number of allylic oxidation sites excluding steroid dienone is 13. The van der Waals surface area contributed by atoms with E-state index in [1.165, 1.54) is 33.4 Å². The molecule has 0 saturated carbocycles. The highest BCUT2D eigenvalue weighted by Crippen LogP contribution is 2.44. The number of anilines is 2. The van der Waals surface area contributed by atoms with E-state index >= 15 is 0 Å². The summed E-state index contributed by atoms with van der Waals surface area (Å²) in [5.74, 6) is 2.10.